The van der Waals surface area contributed by atoms with Crippen molar-refractivity contribution >= 4 is 11.8 Å². The third-order valence-corrected chi connectivity index (χ3v) is 4.99. The van der Waals surface area contributed by atoms with Crippen molar-refractivity contribution < 1.29 is 24.2 Å². The zero-order chi connectivity index (χ0) is 14.9. The van der Waals surface area contributed by atoms with Crippen molar-refractivity contribution in [1.29, 1.82) is 0 Å². The summed E-state index contributed by atoms with van der Waals surface area (Å²) in [5.41, 5.74) is -0.233. The fourth-order valence-corrected chi connectivity index (χ4v) is 3.53. The first-order valence-corrected chi connectivity index (χ1v) is 7.52. The molecule has 0 aromatic heterocycles. The summed E-state index contributed by atoms with van der Waals surface area (Å²) in [4.78, 5) is 25.3. The molecule has 21 heavy (non-hydrogen) atoms. The van der Waals surface area contributed by atoms with Gasteiger partial charge in [0.1, 0.15) is 6.61 Å². The minimum absolute atomic E-state index is 0.0138. The van der Waals surface area contributed by atoms with Crippen LogP contribution < -0.4 is 5.32 Å². The number of hydrogen-bond donors (Lipinski definition) is 2. The molecule has 3 fully saturated rings. The van der Waals surface area contributed by atoms with Crippen molar-refractivity contribution in [2.75, 3.05) is 39.5 Å². The van der Waals surface area contributed by atoms with Crippen molar-refractivity contribution in [2.24, 2.45) is 5.41 Å². The lowest BCUT2D eigenvalue weighted by Gasteiger charge is -2.55. The van der Waals surface area contributed by atoms with Gasteiger partial charge in [-0.05, 0) is 19.3 Å². The largest absolute Gasteiger partial charge is 0.392 e. The van der Waals surface area contributed by atoms with Gasteiger partial charge in [0, 0.05) is 31.2 Å². The van der Waals surface area contributed by atoms with Gasteiger partial charge in [-0.2, -0.15) is 0 Å². The van der Waals surface area contributed by atoms with Crippen LogP contribution in [0.3, 0.4) is 0 Å². The Morgan fingerprint density at radius 2 is 2.10 bits per heavy atom. The summed E-state index contributed by atoms with van der Waals surface area (Å²) < 4.78 is 10.4. The highest BCUT2D eigenvalue weighted by Crippen LogP contribution is 2.48. The van der Waals surface area contributed by atoms with Crippen molar-refractivity contribution in [3.8, 4) is 0 Å². The Morgan fingerprint density at radius 3 is 2.76 bits per heavy atom. The number of nitrogens with one attached hydrogen (secondary N) is 1. The number of hydrogen-bond acceptors (Lipinski definition) is 5. The average Bonchev–Trinajstić information content (AvgIpc) is 2.50. The molecule has 3 rings (SSSR count). The molecule has 1 saturated carbocycles. The number of amides is 2. The molecule has 0 aromatic carbocycles. The van der Waals surface area contributed by atoms with Crippen LogP contribution in [0.4, 0.5) is 0 Å². The first-order valence-electron chi connectivity index (χ1n) is 7.52. The van der Waals surface area contributed by atoms with E-state index in [1.165, 1.54) is 4.90 Å². The van der Waals surface area contributed by atoms with Gasteiger partial charge in [0.25, 0.3) is 0 Å². The second-order valence-corrected chi connectivity index (χ2v) is 6.09. The number of morpholine rings is 1. The van der Waals surface area contributed by atoms with Crippen LogP contribution in [-0.4, -0.2) is 73.5 Å². The number of nitrogens with zero attached hydrogens (tertiary/aromatic N) is 1. The summed E-state index contributed by atoms with van der Waals surface area (Å²) >= 11 is 0. The number of aliphatic hydroxyl groups is 1. The van der Waals surface area contributed by atoms with E-state index in [4.69, 9.17) is 9.47 Å². The fraction of sp³-hybridized carbons (Fsp3) is 0.857. The fourth-order valence-electron chi connectivity index (χ4n) is 3.53. The predicted molar refractivity (Wildman–Crippen MR) is 72.4 cm³/mol. The Morgan fingerprint density at radius 1 is 1.33 bits per heavy atom. The average molecular weight is 298 g/mol. The predicted octanol–water partition coefficient (Wildman–Crippen LogP) is -1.11. The van der Waals surface area contributed by atoms with Gasteiger partial charge in [0.2, 0.25) is 11.8 Å². The highest BCUT2D eigenvalue weighted by molar-refractivity contribution is 5.85. The summed E-state index contributed by atoms with van der Waals surface area (Å²) in [5.74, 6) is -0.307. The third-order valence-electron chi connectivity index (χ3n) is 4.99. The second kappa shape index (κ2) is 5.90. The summed E-state index contributed by atoms with van der Waals surface area (Å²) in [6.07, 6.45) is 1.77. The molecule has 1 aliphatic carbocycles. The van der Waals surface area contributed by atoms with Crippen LogP contribution in [0.15, 0.2) is 0 Å². The van der Waals surface area contributed by atoms with Crippen LogP contribution in [0.2, 0.25) is 0 Å². The molecular weight excluding hydrogens is 276 g/mol. The molecule has 2 amide bonds. The van der Waals surface area contributed by atoms with E-state index in [1.54, 1.807) is 0 Å². The number of carbonyl (C=O) groups is 2. The molecular formula is C14H22N2O5. The van der Waals surface area contributed by atoms with Gasteiger partial charge in [-0.1, -0.05) is 0 Å². The first-order chi connectivity index (χ1) is 10.1. The minimum atomic E-state index is -0.364. The summed E-state index contributed by atoms with van der Waals surface area (Å²) in [6, 6.07) is -0.0138. The molecule has 2 heterocycles. The van der Waals surface area contributed by atoms with Crippen LogP contribution in [0, 0.1) is 5.41 Å². The van der Waals surface area contributed by atoms with E-state index in [0.29, 0.717) is 32.8 Å². The lowest BCUT2D eigenvalue weighted by atomic mass is 9.58. The van der Waals surface area contributed by atoms with Crippen LogP contribution in [-0.2, 0) is 19.1 Å². The topological polar surface area (TPSA) is 88.1 Å². The van der Waals surface area contributed by atoms with Crippen LogP contribution in [0.1, 0.15) is 19.3 Å². The zero-order valence-corrected chi connectivity index (χ0v) is 12.0. The zero-order valence-electron chi connectivity index (χ0n) is 12.0. The molecule has 7 heteroatoms. The van der Waals surface area contributed by atoms with Gasteiger partial charge >= 0.3 is 0 Å². The number of ether oxygens (including phenoxy) is 2. The maximum absolute atomic E-state index is 12.1. The van der Waals surface area contributed by atoms with Gasteiger partial charge < -0.3 is 24.8 Å². The van der Waals surface area contributed by atoms with E-state index >= 15 is 0 Å². The van der Waals surface area contributed by atoms with E-state index in [0.717, 1.165) is 12.8 Å². The Kier molecular flexibility index (Phi) is 4.14. The molecule has 0 unspecified atom stereocenters. The smallest absolute Gasteiger partial charge is 0.249 e. The SMILES string of the molecule is O=C(CN1CCOCC1=O)N[C@@H]1C[C@@H](O)C12CCOCC2. The van der Waals surface area contributed by atoms with Gasteiger partial charge in [0.05, 0.1) is 19.3 Å². The first kappa shape index (κ1) is 14.7. The normalized spacial score (nSPS) is 31.9. The van der Waals surface area contributed by atoms with E-state index in [2.05, 4.69) is 5.32 Å². The van der Waals surface area contributed by atoms with E-state index in [-0.39, 0.29) is 42.5 Å². The Hall–Kier alpha value is -1.18. The lowest BCUT2D eigenvalue weighted by Crippen LogP contribution is -2.66. The molecule has 0 aromatic rings. The van der Waals surface area contributed by atoms with Crippen LogP contribution in [0.5, 0.6) is 0 Å². The highest BCUT2D eigenvalue weighted by Gasteiger charge is 2.55. The van der Waals surface area contributed by atoms with Crippen LogP contribution in [0.25, 0.3) is 0 Å². The van der Waals surface area contributed by atoms with Crippen molar-refractivity contribution in [3.05, 3.63) is 0 Å². The molecule has 3 aliphatic rings. The van der Waals surface area contributed by atoms with E-state index in [9.17, 15) is 14.7 Å². The third kappa shape index (κ3) is 2.77. The molecule has 7 nitrogen and oxygen atoms in total. The molecule has 1 spiro atoms. The molecule has 0 radical (unpaired) electrons. The number of rotatable bonds is 3. The van der Waals surface area contributed by atoms with Crippen LogP contribution >= 0.6 is 0 Å². The molecule has 2 N–H and O–H groups in total. The minimum Gasteiger partial charge on any atom is -0.392 e. The van der Waals surface area contributed by atoms with Gasteiger partial charge in [-0.25, -0.2) is 0 Å². The van der Waals surface area contributed by atoms with E-state index in [1.807, 2.05) is 0 Å². The second-order valence-electron chi connectivity index (χ2n) is 6.09. The lowest BCUT2D eigenvalue weighted by molar-refractivity contribution is -0.158. The standard InChI is InChI=1S/C14H22N2O5/c17-11-7-10(14(11)1-4-20-5-2-14)15-12(18)8-16-3-6-21-9-13(16)19/h10-11,17H,1-9H2,(H,15,18)/t10-,11-/m1/s1. The van der Waals surface area contributed by atoms with Gasteiger partial charge in [0.15, 0.2) is 0 Å². The Bertz CT molecular complexity index is 422. The van der Waals surface area contributed by atoms with Crippen molar-refractivity contribution in [3.63, 3.8) is 0 Å². The quantitative estimate of drug-likeness (QED) is 0.690. The van der Waals surface area contributed by atoms with Crippen molar-refractivity contribution in [2.45, 2.75) is 31.4 Å². The summed E-state index contributed by atoms with van der Waals surface area (Å²) in [7, 11) is 0. The maximum atomic E-state index is 12.1. The number of carbonyl (C=O) groups excluding carboxylic acids is 2. The summed E-state index contributed by atoms with van der Waals surface area (Å²) in [5, 5.41) is 13.1. The number of aliphatic hydroxyl groups excluding tert-OH is 1. The monoisotopic (exact) mass is 298 g/mol. The molecule has 2 saturated heterocycles. The highest BCUT2D eigenvalue weighted by atomic mass is 16.5. The molecule has 0 bridgehead atoms. The molecule has 2 atom stereocenters. The van der Waals surface area contributed by atoms with Gasteiger partial charge in [-0.15, -0.1) is 0 Å². The van der Waals surface area contributed by atoms with E-state index < -0.39 is 0 Å². The van der Waals surface area contributed by atoms with Crippen molar-refractivity contribution in [1.82, 2.24) is 10.2 Å². The molecule has 118 valence electrons. The Balaban J connectivity index is 1.54. The maximum Gasteiger partial charge on any atom is 0.249 e. The molecule has 2 aliphatic heterocycles. The van der Waals surface area contributed by atoms with Gasteiger partial charge in [-0.3, -0.25) is 9.59 Å². The Labute approximate surface area is 123 Å². The summed E-state index contributed by atoms with van der Waals surface area (Å²) in [6.45, 7) is 2.32.